The van der Waals surface area contributed by atoms with Crippen molar-refractivity contribution in [1.82, 2.24) is 15.6 Å². The highest BCUT2D eigenvalue weighted by Gasteiger charge is 2.21. The van der Waals surface area contributed by atoms with E-state index < -0.39 is 0 Å². The molecule has 0 bridgehead atoms. The van der Waals surface area contributed by atoms with Crippen LogP contribution in [0.2, 0.25) is 0 Å². The van der Waals surface area contributed by atoms with Crippen LogP contribution in [0.3, 0.4) is 0 Å². The fourth-order valence-electron chi connectivity index (χ4n) is 2.46. The molecule has 136 valence electrons. The van der Waals surface area contributed by atoms with Crippen LogP contribution >= 0.6 is 11.3 Å². The largest absolute Gasteiger partial charge is 0.356 e. The van der Waals surface area contributed by atoms with Gasteiger partial charge in [-0.2, -0.15) is 0 Å². The second kappa shape index (κ2) is 8.43. The molecule has 0 saturated carbocycles. The maximum atomic E-state index is 13.1. The molecule has 2 N–H and O–H groups in total. The Kier molecular flexibility index (Phi) is 6.53. The predicted molar refractivity (Wildman–Crippen MR) is 104 cm³/mol. The van der Waals surface area contributed by atoms with Gasteiger partial charge in [-0.25, -0.2) is 9.37 Å². The van der Waals surface area contributed by atoms with E-state index >= 15 is 0 Å². The Labute approximate surface area is 153 Å². The summed E-state index contributed by atoms with van der Waals surface area (Å²) in [6, 6.07) is 6.67. The number of aliphatic imine (C=N–C) groups is 1. The summed E-state index contributed by atoms with van der Waals surface area (Å²) in [6.07, 6.45) is 0.876. The highest BCUT2D eigenvalue weighted by Crippen LogP contribution is 2.22. The molecule has 6 heteroatoms. The lowest BCUT2D eigenvalue weighted by atomic mass is 9.84. The van der Waals surface area contributed by atoms with Crippen LogP contribution < -0.4 is 10.6 Å². The highest BCUT2D eigenvalue weighted by atomic mass is 32.1. The molecule has 1 aromatic heterocycles. The average molecular weight is 363 g/mol. The van der Waals surface area contributed by atoms with E-state index in [0.717, 1.165) is 35.2 Å². The van der Waals surface area contributed by atoms with Gasteiger partial charge < -0.3 is 10.6 Å². The van der Waals surface area contributed by atoms with Crippen molar-refractivity contribution in [3.63, 3.8) is 0 Å². The third-order valence-electron chi connectivity index (χ3n) is 4.25. The van der Waals surface area contributed by atoms with Crippen molar-refractivity contribution in [2.45, 2.75) is 39.5 Å². The van der Waals surface area contributed by atoms with Crippen molar-refractivity contribution < 1.29 is 4.39 Å². The Bertz CT molecular complexity index is 700. The lowest BCUT2D eigenvalue weighted by Crippen LogP contribution is -2.44. The Morgan fingerprint density at radius 1 is 1.20 bits per heavy atom. The van der Waals surface area contributed by atoms with Crippen molar-refractivity contribution in [2.24, 2.45) is 4.99 Å². The number of guanidine groups is 1. The second-order valence-electron chi connectivity index (χ2n) is 6.74. The van der Waals surface area contributed by atoms with Gasteiger partial charge in [-0.05, 0) is 31.5 Å². The summed E-state index contributed by atoms with van der Waals surface area (Å²) in [4.78, 5) is 10.1. The molecule has 25 heavy (non-hydrogen) atoms. The Hall–Kier alpha value is -1.95. The molecule has 0 spiro atoms. The topological polar surface area (TPSA) is 49.3 Å². The number of hydrogen-bond donors (Lipinski definition) is 2. The third kappa shape index (κ3) is 5.53. The zero-order valence-electron chi connectivity index (χ0n) is 15.6. The van der Waals surface area contributed by atoms with Gasteiger partial charge in [-0.3, -0.25) is 4.99 Å². The number of aromatic nitrogens is 1. The number of nitrogens with one attached hydrogen (secondary N) is 2. The fourth-order valence-corrected chi connectivity index (χ4v) is 3.40. The van der Waals surface area contributed by atoms with Gasteiger partial charge >= 0.3 is 0 Å². The van der Waals surface area contributed by atoms with E-state index in [4.69, 9.17) is 0 Å². The van der Waals surface area contributed by atoms with Gasteiger partial charge in [-0.1, -0.05) is 26.0 Å². The molecular weight excluding hydrogens is 335 g/mol. The quantitative estimate of drug-likeness (QED) is 0.610. The lowest BCUT2D eigenvalue weighted by Gasteiger charge is -2.26. The molecule has 0 aliphatic carbocycles. The summed E-state index contributed by atoms with van der Waals surface area (Å²) < 4.78 is 13.1. The van der Waals surface area contributed by atoms with Crippen LogP contribution in [0.15, 0.2) is 29.3 Å². The van der Waals surface area contributed by atoms with E-state index in [0.29, 0.717) is 6.54 Å². The highest BCUT2D eigenvalue weighted by molar-refractivity contribution is 7.11. The van der Waals surface area contributed by atoms with Gasteiger partial charge in [0.25, 0.3) is 0 Å². The molecule has 4 nitrogen and oxygen atoms in total. The van der Waals surface area contributed by atoms with Gasteiger partial charge in [0.05, 0.1) is 10.7 Å². The molecule has 0 unspecified atom stereocenters. The monoisotopic (exact) mass is 362 g/mol. The molecule has 0 atom stereocenters. The number of nitrogens with zero attached hydrogens (tertiary/aromatic N) is 2. The maximum Gasteiger partial charge on any atom is 0.191 e. The first-order valence-electron chi connectivity index (χ1n) is 8.45. The minimum absolute atomic E-state index is 0.130. The summed E-state index contributed by atoms with van der Waals surface area (Å²) in [5.41, 5.74) is 2.07. The molecule has 0 saturated heterocycles. The van der Waals surface area contributed by atoms with Crippen LogP contribution in [-0.2, 0) is 11.8 Å². The Balaban J connectivity index is 1.84. The van der Waals surface area contributed by atoms with Gasteiger partial charge in [0.15, 0.2) is 5.96 Å². The van der Waals surface area contributed by atoms with Crippen molar-refractivity contribution in [3.8, 4) is 0 Å². The zero-order valence-corrected chi connectivity index (χ0v) is 16.4. The molecule has 0 fully saturated rings. The van der Waals surface area contributed by atoms with Gasteiger partial charge in [0.1, 0.15) is 5.82 Å². The molecule has 2 aromatic rings. The summed E-state index contributed by atoms with van der Waals surface area (Å²) >= 11 is 1.75. The average Bonchev–Trinajstić information content (AvgIpc) is 2.89. The van der Waals surface area contributed by atoms with Crippen molar-refractivity contribution in [2.75, 3.05) is 20.1 Å². The van der Waals surface area contributed by atoms with E-state index in [1.165, 1.54) is 17.0 Å². The number of aryl methyl sites for hydroxylation is 2. The first-order valence-corrected chi connectivity index (χ1v) is 9.27. The van der Waals surface area contributed by atoms with Crippen molar-refractivity contribution >= 4 is 17.3 Å². The number of thiazole rings is 1. The Morgan fingerprint density at radius 2 is 1.88 bits per heavy atom. The minimum Gasteiger partial charge on any atom is -0.356 e. The minimum atomic E-state index is -0.211. The maximum absolute atomic E-state index is 13.1. The van der Waals surface area contributed by atoms with Crippen molar-refractivity contribution in [3.05, 3.63) is 51.2 Å². The molecular formula is C19H27FN4S. The first kappa shape index (κ1) is 19.4. The summed E-state index contributed by atoms with van der Waals surface area (Å²) in [7, 11) is 1.76. The summed E-state index contributed by atoms with van der Waals surface area (Å²) in [5, 5.41) is 7.82. The molecule has 0 aliphatic heterocycles. The van der Waals surface area contributed by atoms with E-state index in [-0.39, 0.29) is 11.2 Å². The Morgan fingerprint density at radius 3 is 2.44 bits per heavy atom. The second-order valence-corrected chi connectivity index (χ2v) is 8.03. The van der Waals surface area contributed by atoms with Crippen LogP contribution in [0.1, 0.15) is 35.0 Å². The van der Waals surface area contributed by atoms with Gasteiger partial charge in [-0.15, -0.1) is 11.3 Å². The number of hydrogen-bond acceptors (Lipinski definition) is 3. The van der Waals surface area contributed by atoms with E-state index in [1.807, 2.05) is 19.1 Å². The summed E-state index contributed by atoms with van der Waals surface area (Å²) in [6.45, 7) is 9.88. The van der Waals surface area contributed by atoms with Crippen LogP contribution in [0.25, 0.3) is 0 Å². The normalized spacial score (nSPS) is 12.3. The molecule has 0 radical (unpaired) electrons. The van der Waals surface area contributed by atoms with Crippen LogP contribution in [-0.4, -0.2) is 31.1 Å². The molecule has 0 amide bonds. The van der Waals surface area contributed by atoms with Gasteiger partial charge in [0.2, 0.25) is 0 Å². The van der Waals surface area contributed by atoms with E-state index in [9.17, 15) is 4.39 Å². The van der Waals surface area contributed by atoms with E-state index in [2.05, 4.69) is 41.4 Å². The fraction of sp³-hybridized carbons (Fsp3) is 0.474. The number of benzene rings is 1. The molecule has 2 rings (SSSR count). The SMILES string of the molecule is CN=C(NCCc1nc(C)c(C)s1)NCC(C)(C)c1ccc(F)cc1. The van der Waals surface area contributed by atoms with Crippen LogP contribution in [0, 0.1) is 19.7 Å². The summed E-state index contributed by atoms with van der Waals surface area (Å²) in [5.74, 6) is 0.554. The lowest BCUT2D eigenvalue weighted by molar-refractivity contribution is 0.507. The number of halogens is 1. The predicted octanol–water partition coefficient (Wildman–Crippen LogP) is 3.58. The number of rotatable bonds is 6. The molecule has 0 aliphatic rings. The smallest absolute Gasteiger partial charge is 0.191 e. The van der Waals surface area contributed by atoms with Gasteiger partial charge in [0, 0.05) is 36.9 Å². The molecule has 1 aromatic carbocycles. The zero-order chi connectivity index (χ0) is 18.4. The van der Waals surface area contributed by atoms with Crippen LogP contribution in [0.4, 0.5) is 4.39 Å². The van der Waals surface area contributed by atoms with Crippen LogP contribution in [0.5, 0.6) is 0 Å². The van der Waals surface area contributed by atoms with E-state index in [1.54, 1.807) is 18.4 Å². The third-order valence-corrected chi connectivity index (χ3v) is 5.38. The standard InChI is InChI=1S/C19H27FN4S/c1-13-14(2)25-17(24-13)10-11-22-18(21-5)23-12-19(3,4)15-6-8-16(20)9-7-15/h6-9H,10-12H2,1-5H3,(H2,21,22,23). The molecule has 1 heterocycles. The first-order chi connectivity index (χ1) is 11.8. The van der Waals surface area contributed by atoms with Crippen molar-refractivity contribution in [1.29, 1.82) is 0 Å².